The number of carbonyl (C=O) groups is 3. The van der Waals surface area contributed by atoms with Crippen molar-refractivity contribution in [3.63, 3.8) is 0 Å². The first-order valence-corrected chi connectivity index (χ1v) is 11.1. The molecule has 2 aromatic rings. The van der Waals surface area contributed by atoms with E-state index in [1.54, 1.807) is 20.8 Å². The molecule has 0 aromatic heterocycles. The van der Waals surface area contributed by atoms with Gasteiger partial charge in [0.15, 0.2) is 0 Å². The molecule has 34 heavy (non-hydrogen) atoms. The third-order valence-electron chi connectivity index (χ3n) is 4.38. The fourth-order valence-electron chi connectivity index (χ4n) is 2.75. The molecule has 0 aliphatic carbocycles. The maximum Gasteiger partial charge on any atom is 0.410 e. The van der Waals surface area contributed by atoms with E-state index < -0.39 is 23.9 Å². The lowest BCUT2D eigenvalue weighted by molar-refractivity contribution is 0.0250. The predicted molar refractivity (Wildman–Crippen MR) is 127 cm³/mol. The molecule has 9 heteroatoms. The molecular weight excluding hydrogens is 438 g/mol. The lowest BCUT2D eigenvalue weighted by Crippen LogP contribution is -2.44. The second-order valence-corrected chi connectivity index (χ2v) is 8.44. The summed E-state index contributed by atoms with van der Waals surface area (Å²) in [5.74, 6) is 0. The average molecular weight is 472 g/mol. The number of carbonyl (C=O) groups excluding carboxylic acids is 3. The van der Waals surface area contributed by atoms with Crippen LogP contribution in [0.4, 0.5) is 14.4 Å². The van der Waals surface area contributed by atoms with Gasteiger partial charge >= 0.3 is 18.3 Å². The van der Waals surface area contributed by atoms with Gasteiger partial charge in [0.25, 0.3) is 0 Å². The number of hydrogen-bond acceptors (Lipinski definition) is 6. The van der Waals surface area contributed by atoms with Crippen LogP contribution in [0.1, 0.15) is 31.9 Å². The quantitative estimate of drug-likeness (QED) is 0.506. The minimum Gasteiger partial charge on any atom is -0.445 e. The summed E-state index contributed by atoms with van der Waals surface area (Å²) < 4.78 is 15.8. The Morgan fingerprint density at radius 1 is 0.735 bits per heavy atom. The van der Waals surface area contributed by atoms with E-state index >= 15 is 0 Å². The largest absolute Gasteiger partial charge is 0.445 e. The number of ether oxygens (including phenoxy) is 3. The van der Waals surface area contributed by atoms with Gasteiger partial charge in [0.05, 0.1) is 0 Å². The van der Waals surface area contributed by atoms with E-state index in [2.05, 4.69) is 10.6 Å². The number of rotatable bonds is 10. The molecule has 2 N–H and O–H groups in total. The molecule has 0 fully saturated rings. The summed E-state index contributed by atoms with van der Waals surface area (Å²) in [6, 6.07) is 18.6. The van der Waals surface area contributed by atoms with Gasteiger partial charge in [0.2, 0.25) is 0 Å². The lowest BCUT2D eigenvalue weighted by atomic mass is 10.2. The summed E-state index contributed by atoms with van der Waals surface area (Å²) >= 11 is 0. The van der Waals surface area contributed by atoms with E-state index in [1.807, 2.05) is 60.7 Å². The summed E-state index contributed by atoms with van der Waals surface area (Å²) in [5.41, 5.74) is 1.07. The SMILES string of the molecule is CC(C)(C)OC(=O)N(CCNC(=O)OCc1ccccc1)CCNC(=O)OCc1ccccc1. The predicted octanol–water partition coefficient (Wildman–Crippen LogP) is 4.08. The molecule has 0 heterocycles. The first-order valence-electron chi connectivity index (χ1n) is 11.1. The fraction of sp³-hybridized carbons (Fsp3) is 0.400. The van der Waals surface area contributed by atoms with E-state index in [4.69, 9.17) is 14.2 Å². The zero-order chi connectivity index (χ0) is 24.8. The summed E-state index contributed by atoms with van der Waals surface area (Å²) in [7, 11) is 0. The second kappa shape index (κ2) is 13.7. The Hall–Kier alpha value is -3.75. The highest BCUT2D eigenvalue weighted by Gasteiger charge is 2.22. The van der Waals surface area contributed by atoms with E-state index in [9.17, 15) is 14.4 Å². The summed E-state index contributed by atoms with van der Waals surface area (Å²) in [4.78, 5) is 37.8. The van der Waals surface area contributed by atoms with Crippen LogP contribution in [-0.4, -0.2) is 55.0 Å². The molecule has 0 aliphatic heterocycles. The van der Waals surface area contributed by atoms with Crippen molar-refractivity contribution in [2.24, 2.45) is 0 Å². The number of benzene rings is 2. The maximum absolute atomic E-state index is 12.5. The Kier molecular flexibility index (Phi) is 10.7. The zero-order valence-corrected chi connectivity index (χ0v) is 19.9. The smallest absolute Gasteiger partial charge is 0.410 e. The van der Waals surface area contributed by atoms with E-state index in [0.717, 1.165) is 11.1 Å². The van der Waals surface area contributed by atoms with Crippen LogP contribution in [0.5, 0.6) is 0 Å². The van der Waals surface area contributed by atoms with E-state index in [0.29, 0.717) is 0 Å². The Balaban J connectivity index is 1.75. The normalized spacial score (nSPS) is 10.7. The minimum absolute atomic E-state index is 0.150. The van der Waals surface area contributed by atoms with Gasteiger partial charge in [0.1, 0.15) is 18.8 Å². The maximum atomic E-state index is 12.5. The molecule has 0 aliphatic rings. The highest BCUT2D eigenvalue weighted by Crippen LogP contribution is 2.09. The van der Waals surface area contributed by atoms with Crippen LogP contribution in [0.15, 0.2) is 60.7 Å². The van der Waals surface area contributed by atoms with Gasteiger partial charge in [-0.05, 0) is 31.9 Å². The Morgan fingerprint density at radius 2 is 1.15 bits per heavy atom. The van der Waals surface area contributed by atoms with Crippen molar-refractivity contribution in [1.82, 2.24) is 15.5 Å². The van der Waals surface area contributed by atoms with Gasteiger partial charge in [-0.15, -0.1) is 0 Å². The van der Waals surface area contributed by atoms with Crippen LogP contribution < -0.4 is 10.6 Å². The minimum atomic E-state index is -0.681. The molecule has 0 unspecified atom stereocenters. The number of alkyl carbamates (subject to hydrolysis) is 2. The molecule has 0 atom stereocenters. The van der Waals surface area contributed by atoms with Crippen LogP contribution in [0.2, 0.25) is 0 Å². The van der Waals surface area contributed by atoms with Crippen LogP contribution in [-0.2, 0) is 27.4 Å². The first-order chi connectivity index (χ1) is 16.2. The van der Waals surface area contributed by atoms with E-state index in [-0.39, 0.29) is 39.4 Å². The molecule has 0 saturated heterocycles. The van der Waals surface area contributed by atoms with Gasteiger partial charge in [-0.2, -0.15) is 0 Å². The van der Waals surface area contributed by atoms with Gasteiger partial charge in [-0.25, -0.2) is 14.4 Å². The summed E-state index contributed by atoms with van der Waals surface area (Å²) in [5, 5.41) is 5.23. The standard InChI is InChI=1S/C25H33N3O6/c1-25(2,3)34-24(31)28(16-14-26-22(29)32-18-20-10-6-4-7-11-20)17-15-27-23(30)33-19-21-12-8-5-9-13-21/h4-13H,14-19H2,1-3H3,(H,26,29)(H,27,30). The number of nitrogens with one attached hydrogen (secondary N) is 2. The van der Waals surface area contributed by atoms with Gasteiger partial charge in [-0.3, -0.25) is 0 Å². The molecule has 0 bridgehead atoms. The van der Waals surface area contributed by atoms with Crippen molar-refractivity contribution in [3.05, 3.63) is 71.8 Å². The van der Waals surface area contributed by atoms with Crippen molar-refractivity contribution in [2.45, 2.75) is 39.6 Å². The van der Waals surface area contributed by atoms with Gasteiger partial charge in [0, 0.05) is 26.2 Å². The van der Waals surface area contributed by atoms with Crippen LogP contribution >= 0.6 is 0 Å². The highest BCUT2D eigenvalue weighted by atomic mass is 16.6. The number of nitrogens with zero attached hydrogens (tertiary/aromatic N) is 1. The Morgan fingerprint density at radius 3 is 1.53 bits per heavy atom. The number of amides is 3. The monoisotopic (exact) mass is 471 g/mol. The summed E-state index contributed by atoms with van der Waals surface area (Å²) in [6.07, 6.45) is -1.72. The van der Waals surface area contributed by atoms with Crippen LogP contribution in [0, 0.1) is 0 Å². The average Bonchev–Trinajstić information content (AvgIpc) is 2.80. The molecule has 2 rings (SSSR count). The molecular formula is C25H33N3O6. The number of hydrogen-bond donors (Lipinski definition) is 2. The van der Waals surface area contributed by atoms with Gasteiger partial charge in [-0.1, -0.05) is 60.7 Å². The fourth-order valence-corrected chi connectivity index (χ4v) is 2.75. The lowest BCUT2D eigenvalue weighted by Gasteiger charge is -2.27. The molecule has 0 radical (unpaired) electrons. The molecule has 184 valence electrons. The Labute approximate surface area is 200 Å². The molecule has 0 saturated carbocycles. The second-order valence-electron chi connectivity index (χ2n) is 8.44. The molecule has 2 aromatic carbocycles. The van der Waals surface area contributed by atoms with Crippen molar-refractivity contribution in [2.75, 3.05) is 26.2 Å². The first kappa shape index (κ1) is 26.5. The highest BCUT2D eigenvalue weighted by molar-refractivity contribution is 5.69. The summed E-state index contributed by atoms with van der Waals surface area (Å²) in [6.45, 7) is 6.27. The van der Waals surface area contributed by atoms with E-state index in [1.165, 1.54) is 4.90 Å². The van der Waals surface area contributed by atoms with Crippen molar-refractivity contribution < 1.29 is 28.6 Å². The third-order valence-corrected chi connectivity index (χ3v) is 4.38. The van der Waals surface area contributed by atoms with Crippen LogP contribution in [0.25, 0.3) is 0 Å². The van der Waals surface area contributed by atoms with Crippen LogP contribution in [0.3, 0.4) is 0 Å². The van der Waals surface area contributed by atoms with Crippen molar-refractivity contribution >= 4 is 18.3 Å². The third kappa shape index (κ3) is 11.2. The topological polar surface area (TPSA) is 106 Å². The van der Waals surface area contributed by atoms with Crippen molar-refractivity contribution in [3.8, 4) is 0 Å². The Bertz CT molecular complexity index is 838. The molecule has 0 spiro atoms. The molecule has 3 amide bonds. The molecule has 9 nitrogen and oxygen atoms in total. The van der Waals surface area contributed by atoms with Crippen molar-refractivity contribution in [1.29, 1.82) is 0 Å². The zero-order valence-electron chi connectivity index (χ0n) is 19.9. The van der Waals surface area contributed by atoms with Gasteiger partial charge < -0.3 is 29.7 Å².